The lowest BCUT2D eigenvalue weighted by Crippen LogP contribution is -2.26. The molecule has 0 aromatic heterocycles. The van der Waals surface area contributed by atoms with Crippen LogP contribution in [0.25, 0.3) is 0 Å². The molecule has 3 aliphatic carbocycles. The van der Waals surface area contributed by atoms with Gasteiger partial charge in [0.25, 0.3) is 0 Å². The van der Waals surface area contributed by atoms with E-state index < -0.39 is 0 Å². The van der Waals surface area contributed by atoms with Gasteiger partial charge in [-0.05, 0) is 92.2 Å². The maximum Gasteiger partial charge on any atom is 0.123 e. The molecule has 0 bridgehead atoms. The number of rotatable bonds is 6. The van der Waals surface area contributed by atoms with Gasteiger partial charge in [0.2, 0.25) is 0 Å². The summed E-state index contributed by atoms with van der Waals surface area (Å²) in [5.74, 6) is 5.02. The second-order valence-corrected chi connectivity index (χ2v) is 10.1. The van der Waals surface area contributed by atoms with Crippen LogP contribution in [0, 0.1) is 35.4 Å². The van der Waals surface area contributed by atoms with Crippen molar-refractivity contribution in [3.05, 3.63) is 35.6 Å². The van der Waals surface area contributed by atoms with E-state index in [2.05, 4.69) is 0 Å². The summed E-state index contributed by atoms with van der Waals surface area (Å²) >= 11 is 0. The second kappa shape index (κ2) is 9.57. The first-order chi connectivity index (χ1) is 13.3. The molecular formula is C26H39F. The lowest BCUT2D eigenvalue weighted by molar-refractivity contribution is 0.135. The first kappa shape index (κ1) is 19.5. The van der Waals surface area contributed by atoms with E-state index in [9.17, 15) is 4.39 Å². The van der Waals surface area contributed by atoms with E-state index in [0.29, 0.717) is 0 Å². The monoisotopic (exact) mass is 370 g/mol. The van der Waals surface area contributed by atoms with Crippen LogP contribution in [0.4, 0.5) is 4.39 Å². The molecule has 0 nitrogen and oxygen atoms in total. The Morgan fingerprint density at radius 3 is 1.74 bits per heavy atom. The third kappa shape index (κ3) is 5.58. The fourth-order valence-corrected chi connectivity index (χ4v) is 6.58. The quantitative estimate of drug-likeness (QED) is 0.476. The third-order valence-corrected chi connectivity index (χ3v) is 8.35. The topological polar surface area (TPSA) is 0 Å². The van der Waals surface area contributed by atoms with E-state index >= 15 is 0 Å². The third-order valence-electron chi connectivity index (χ3n) is 8.35. The summed E-state index contributed by atoms with van der Waals surface area (Å²) in [6, 6.07) is 7.14. The molecule has 3 aliphatic rings. The van der Waals surface area contributed by atoms with Gasteiger partial charge in [0.15, 0.2) is 0 Å². The molecule has 27 heavy (non-hydrogen) atoms. The van der Waals surface area contributed by atoms with Crippen molar-refractivity contribution in [1.29, 1.82) is 0 Å². The van der Waals surface area contributed by atoms with Crippen LogP contribution < -0.4 is 0 Å². The summed E-state index contributed by atoms with van der Waals surface area (Å²) in [5, 5.41) is 0. The van der Waals surface area contributed by atoms with E-state index in [1.54, 1.807) is 18.6 Å². The van der Waals surface area contributed by atoms with Crippen LogP contribution in [-0.2, 0) is 6.42 Å². The van der Waals surface area contributed by atoms with Gasteiger partial charge in [-0.2, -0.15) is 0 Å². The Morgan fingerprint density at radius 1 is 0.630 bits per heavy atom. The van der Waals surface area contributed by atoms with Gasteiger partial charge in [-0.25, -0.2) is 4.39 Å². The van der Waals surface area contributed by atoms with E-state index in [-0.39, 0.29) is 5.82 Å². The number of halogens is 1. The zero-order valence-corrected chi connectivity index (χ0v) is 17.2. The van der Waals surface area contributed by atoms with Gasteiger partial charge in [0.1, 0.15) is 5.82 Å². The summed E-state index contributed by atoms with van der Waals surface area (Å²) in [6.07, 6.45) is 22.0. The van der Waals surface area contributed by atoms with Gasteiger partial charge < -0.3 is 0 Å². The first-order valence-electron chi connectivity index (χ1n) is 12.0. The van der Waals surface area contributed by atoms with Gasteiger partial charge >= 0.3 is 0 Å². The molecule has 0 heterocycles. The highest BCUT2D eigenvalue weighted by Gasteiger charge is 2.31. The molecule has 0 spiro atoms. The van der Waals surface area contributed by atoms with Crippen LogP contribution >= 0.6 is 0 Å². The van der Waals surface area contributed by atoms with E-state index in [0.717, 1.165) is 36.0 Å². The van der Waals surface area contributed by atoms with Crippen molar-refractivity contribution in [2.24, 2.45) is 29.6 Å². The Morgan fingerprint density at radius 2 is 1.15 bits per heavy atom. The maximum absolute atomic E-state index is 13.0. The second-order valence-electron chi connectivity index (χ2n) is 10.1. The van der Waals surface area contributed by atoms with Crippen LogP contribution in [-0.4, -0.2) is 0 Å². The zero-order chi connectivity index (χ0) is 18.5. The average Bonchev–Trinajstić information content (AvgIpc) is 3.22. The Labute approximate surface area is 166 Å². The largest absolute Gasteiger partial charge is 0.207 e. The van der Waals surface area contributed by atoms with Crippen LogP contribution in [0.2, 0.25) is 0 Å². The molecule has 0 aliphatic heterocycles. The van der Waals surface area contributed by atoms with Gasteiger partial charge in [-0.1, -0.05) is 63.5 Å². The van der Waals surface area contributed by atoms with Gasteiger partial charge in [0, 0.05) is 0 Å². The summed E-state index contributed by atoms with van der Waals surface area (Å²) in [5.41, 5.74) is 1.30. The minimum atomic E-state index is -0.114. The van der Waals surface area contributed by atoms with Crippen molar-refractivity contribution in [3.8, 4) is 0 Å². The van der Waals surface area contributed by atoms with Crippen LogP contribution in [0.1, 0.15) is 95.5 Å². The van der Waals surface area contributed by atoms with Crippen LogP contribution in [0.3, 0.4) is 0 Å². The normalized spacial score (nSPS) is 32.6. The smallest absolute Gasteiger partial charge is 0.123 e. The van der Waals surface area contributed by atoms with Crippen molar-refractivity contribution in [1.82, 2.24) is 0 Å². The molecule has 0 amide bonds. The molecule has 0 radical (unpaired) electrons. The Kier molecular flexibility index (Phi) is 6.90. The molecule has 0 saturated heterocycles. The van der Waals surface area contributed by atoms with Crippen molar-refractivity contribution in [2.45, 2.75) is 96.3 Å². The number of benzene rings is 1. The highest BCUT2D eigenvalue weighted by atomic mass is 19.1. The molecular weight excluding hydrogens is 331 g/mol. The predicted octanol–water partition coefficient (Wildman–Crippen LogP) is 7.95. The van der Waals surface area contributed by atoms with Crippen LogP contribution in [0.5, 0.6) is 0 Å². The van der Waals surface area contributed by atoms with Crippen molar-refractivity contribution < 1.29 is 4.39 Å². The standard InChI is InChI=1S/C26H39F/c27-26-17-11-21(12-18-26)6-5-20-7-13-24(14-8-20)25-15-9-23(10-16-25)19-22-3-1-2-4-22/h11-12,17-18,20,22-25H,1-10,13-16,19H2. The molecule has 1 aromatic rings. The highest BCUT2D eigenvalue weighted by Crippen LogP contribution is 2.44. The maximum atomic E-state index is 13.0. The fraction of sp³-hybridized carbons (Fsp3) is 0.769. The molecule has 0 atom stereocenters. The van der Waals surface area contributed by atoms with Gasteiger partial charge in [0.05, 0.1) is 0 Å². The highest BCUT2D eigenvalue weighted by molar-refractivity contribution is 5.16. The molecule has 1 heteroatoms. The van der Waals surface area contributed by atoms with Crippen molar-refractivity contribution >= 4 is 0 Å². The SMILES string of the molecule is Fc1ccc(CCC2CCC(C3CCC(CC4CCCC4)CC3)CC2)cc1. The van der Waals surface area contributed by atoms with Gasteiger partial charge in [-0.3, -0.25) is 0 Å². The Balaban J connectivity index is 1.14. The summed E-state index contributed by atoms with van der Waals surface area (Å²) in [4.78, 5) is 0. The first-order valence-corrected chi connectivity index (χ1v) is 12.0. The molecule has 3 saturated carbocycles. The molecule has 0 unspecified atom stereocenters. The lowest BCUT2D eigenvalue weighted by Gasteiger charge is -2.38. The molecule has 1 aromatic carbocycles. The summed E-state index contributed by atoms with van der Waals surface area (Å²) in [7, 11) is 0. The number of hydrogen-bond acceptors (Lipinski definition) is 0. The average molecular weight is 371 g/mol. The summed E-state index contributed by atoms with van der Waals surface area (Å²) < 4.78 is 13.0. The molecule has 0 N–H and O–H groups in total. The Hall–Kier alpha value is -0.850. The minimum absolute atomic E-state index is 0.114. The van der Waals surface area contributed by atoms with E-state index in [1.807, 2.05) is 12.1 Å². The van der Waals surface area contributed by atoms with Crippen molar-refractivity contribution in [3.63, 3.8) is 0 Å². The lowest BCUT2D eigenvalue weighted by atomic mass is 9.67. The molecule has 150 valence electrons. The summed E-state index contributed by atoms with van der Waals surface area (Å²) in [6.45, 7) is 0. The number of hydrogen-bond donors (Lipinski definition) is 0. The Bertz CT molecular complexity index is 540. The predicted molar refractivity (Wildman–Crippen MR) is 112 cm³/mol. The van der Waals surface area contributed by atoms with Crippen molar-refractivity contribution in [2.75, 3.05) is 0 Å². The zero-order valence-electron chi connectivity index (χ0n) is 17.2. The van der Waals surface area contributed by atoms with E-state index in [4.69, 9.17) is 0 Å². The van der Waals surface area contributed by atoms with Gasteiger partial charge in [-0.15, -0.1) is 0 Å². The van der Waals surface area contributed by atoms with Crippen LogP contribution in [0.15, 0.2) is 24.3 Å². The minimum Gasteiger partial charge on any atom is -0.207 e. The molecule has 4 rings (SSSR count). The fourth-order valence-electron chi connectivity index (χ4n) is 6.58. The molecule has 3 fully saturated rings. The number of aryl methyl sites for hydroxylation is 1. The van der Waals surface area contributed by atoms with E-state index in [1.165, 1.54) is 89.0 Å².